The third-order valence-corrected chi connectivity index (χ3v) is 2.84. The quantitative estimate of drug-likeness (QED) is 0.694. The Balaban J connectivity index is 2.10. The van der Waals surface area contributed by atoms with E-state index in [1.165, 1.54) is 18.4 Å². The largest absolute Gasteiger partial charge is 0.385 e. The predicted molar refractivity (Wildman–Crippen MR) is 76.8 cm³/mol. The lowest BCUT2D eigenvalue weighted by molar-refractivity contribution is -0.120. The van der Waals surface area contributed by atoms with E-state index in [2.05, 4.69) is 36.6 Å². The SMILES string of the molecule is CCCCCNC(=O)CCNc1ccc(C)cc1. The highest BCUT2D eigenvalue weighted by Gasteiger charge is 1.99. The second-order valence-electron chi connectivity index (χ2n) is 4.60. The number of unbranched alkanes of at least 4 members (excludes halogenated alkanes) is 2. The molecule has 0 spiro atoms. The number of carbonyl (C=O) groups excluding carboxylic acids is 1. The molecule has 1 aromatic rings. The Bertz CT molecular complexity index is 346. The van der Waals surface area contributed by atoms with Gasteiger partial charge in [-0.15, -0.1) is 0 Å². The molecule has 0 aliphatic rings. The summed E-state index contributed by atoms with van der Waals surface area (Å²) in [5.74, 6) is 0.130. The van der Waals surface area contributed by atoms with Crippen molar-refractivity contribution >= 4 is 11.6 Å². The first-order valence-corrected chi connectivity index (χ1v) is 6.79. The Labute approximate surface area is 110 Å². The zero-order valence-corrected chi connectivity index (χ0v) is 11.5. The molecule has 0 aromatic heterocycles. The first-order valence-electron chi connectivity index (χ1n) is 6.79. The molecular weight excluding hydrogens is 224 g/mol. The summed E-state index contributed by atoms with van der Waals surface area (Å²) in [6.07, 6.45) is 3.97. The van der Waals surface area contributed by atoms with Gasteiger partial charge < -0.3 is 10.6 Å². The van der Waals surface area contributed by atoms with Gasteiger partial charge in [-0.1, -0.05) is 37.5 Å². The van der Waals surface area contributed by atoms with Crippen molar-refractivity contribution < 1.29 is 4.79 Å². The summed E-state index contributed by atoms with van der Waals surface area (Å²) in [5.41, 5.74) is 2.31. The van der Waals surface area contributed by atoms with Crippen LogP contribution in [0.25, 0.3) is 0 Å². The van der Waals surface area contributed by atoms with Gasteiger partial charge in [0, 0.05) is 25.2 Å². The predicted octanol–water partition coefficient (Wildman–Crippen LogP) is 3.10. The number of hydrogen-bond donors (Lipinski definition) is 2. The van der Waals surface area contributed by atoms with Crippen molar-refractivity contribution in [3.8, 4) is 0 Å². The summed E-state index contributed by atoms with van der Waals surface area (Å²) < 4.78 is 0. The Hall–Kier alpha value is -1.51. The summed E-state index contributed by atoms with van der Waals surface area (Å²) in [4.78, 5) is 11.5. The van der Waals surface area contributed by atoms with Crippen molar-refractivity contribution in [3.63, 3.8) is 0 Å². The number of anilines is 1. The van der Waals surface area contributed by atoms with E-state index in [0.29, 0.717) is 13.0 Å². The minimum atomic E-state index is 0.130. The zero-order valence-electron chi connectivity index (χ0n) is 11.5. The Morgan fingerprint density at radius 3 is 2.50 bits per heavy atom. The van der Waals surface area contributed by atoms with Crippen molar-refractivity contribution in [1.29, 1.82) is 0 Å². The smallest absolute Gasteiger partial charge is 0.221 e. The Morgan fingerprint density at radius 1 is 1.11 bits per heavy atom. The van der Waals surface area contributed by atoms with Crippen molar-refractivity contribution in [2.24, 2.45) is 0 Å². The fourth-order valence-electron chi connectivity index (χ4n) is 1.68. The highest BCUT2D eigenvalue weighted by atomic mass is 16.1. The van der Waals surface area contributed by atoms with Crippen LogP contribution in [0.5, 0.6) is 0 Å². The lowest BCUT2D eigenvalue weighted by Crippen LogP contribution is -2.26. The molecule has 3 heteroatoms. The molecule has 100 valence electrons. The molecule has 0 saturated heterocycles. The molecule has 1 amide bonds. The Morgan fingerprint density at radius 2 is 1.83 bits per heavy atom. The molecule has 1 rings (SSSR count). The fourth-order valence-corrected chi connectivity index (χ4v) is 1.68. The number of benzene rings is 1. The van der Waals surface area contributed by atoms with Crippen LogP contribution in [0.3, 0.4) is 0 Å². The van der Waals surface area contributed by atoms with Gasteiger partial charge in [-0.05, 0) is 25.5 Å². The lowest BCUT2D eigenvalue weighted by atomic mass is 10.2. The third kappa shape index (κ3) is 6.28. The molecule has 2 N–H and O–H groups in total. The monoisotopic (exact) mass is 248 g/mol. The summed E-state index contributed by atoms with van der Waals surface area (Å²) in [6, 6.07) is 8.20. The van der Waals surface area contributed by atoms with Crippen LogP contribution < -0.4 is 10.6 Å². The number of carbonyl (C=O) groups is 1. The molecule has 0 radical (unpaired) electrons. The van der Waals surface area contributed by atoms with E-state index in [-0.39, 0.29) is 5.91 Å². The summed E-state index contributed by atoms with van der Waals surface area (Å²) in [6.45, 7) is 5.71. The van der Waals surface area contributed by atoms with Gasteiger partial charge in [-0.25, -0.2) is 0 Å². The molecule has 0 aliphatic carbocycles. The second-order valence-corrected chi connectivity index (χ2v) is 4.60. The molecule has 1 aromatic carbocycles. The maximum Gasteiger partial charge on any atom is 0.221 e. The standard InChI is InChI=1S/C15H24N2O/c1-3-4-5-11-17-15(18)10-12-16-14-8-6-13(2)7-9-14/h6-9,16H,3-5,10-12H2,1-2H3,(H,17,18). The molecule has 0 unspecified atom stereocenters. The summed E-state index contributed by atoms with van der Waals surface area (Å²) in [7, 11) is 0. The molecule has 0 bridgehead atoms. The molecule has 0 saturated carbocycles. The summed E-state index contributed by atoms with van der Waals surface area (Å²) in [5, 5.41) is 6.18. The molecule has 3 nitrogen and oxygen atoms in total. The van der Waals surface area contributed by atoms with Crippen molar-refractivity contribution in [1.82, 2.24) is 5.32 Å². The van der Waals surface area contributed by atoms with Crippen LogP contribution >= 0.6 is 0 Å². The van der Waals surface area contributed by atoms with Crippen LogP contribution in [0.15, 0.2) is 24.3 Å². The number of amides is 1. The minimum absolute atomic E-state index is 0.130. The maximum absolute atomic E-state index is 11.5. The maximum atomic E-state index is 11.5. The molecule has 18 heavy (non-hydrogen) atoms. The van der Waals surface area contributed by atoms with E-state index < -0.39 is 0 Å². The van der Waals surface area contributed by atoms with Gasteiger partial charge in [0.1, 0.15) is 0 Å². The highest BCUT2D eigenvalue weighted by molar-refractivity contribution is 5.76. The van der Waals surface area contributed by atoms with Gasteiger partial charge in [0.15, 0.2) is 0 Å². The van der Waals surface area contributed by atoms with Crippen molar-refractivity contribution in [2.75, 3.05) is 18.4 Å². The Kier molecular flexibility index (Phi) is 6.92. The number of hydrogen-bond acceptors (Lipinski definition) is 2. The van der Waals surface area contributed by atoms with Gasteiger partial charge in [0.25, 0.3) is 0 Å². The van der Waals surface area contributed by atoms with Crippen LogP contribution in [0.2, 0.25) is 0 Å². The molecule has 0 fully saturated rings. The second kappa shape index (κ2) is 8.56. The number of nitrogens with one attached hydrogen (secondary N) is 2. The first-order chi connectivity index (χ1) is 8.72. The number of aryl methyl sites for hydroxylation is 1. The van der Waals surface area contributed by atoms with Gasteiger partial charge >= 0.3 is 0 Å². The average Bonchev–Trinajstić information content (AvgIpc) is 2.37. The minimum Gasteiger partial charge on any atom is -0.385 e. The third-order valence-electron chi connectivity index (χ3n) is 2.84. The van der Waals surface area contributed by atoms with Gasteiger partial charge in [-0.2, -0.15) is 0 Å². The average molecular weight is 248 g/mol. The van der Waals surface area contributed by atoms with Crippen molar-refractivity contribution in [3.05, 3.63) is 29.8 Å². The van der Waals surface area contributed by atoms with Gasteiger partial charge in [0.2, 0.25) is 5.91 Å². The zero-order chi connectivity index (χ0) is 13.2. The van der Waals surface area contributed by atoms with Gasteiger partial charge in [-0.3, -0.25) is 4.79 Å². The van der Waals surface area contributed by atoms with E-state index in [0.717, 1.165) is 18.7 Å². The molecule has 0 atom stereocenters. The van der Waals surface area contributed by atoms with Crippen LogP contribution in [0.4, 0.5) is 5.69 Å². The van der Waals surface area contributed by atoms with Crippen LogP contribution in [-0.4, -0.2) is 19.0 Å². The van der Waals surface area contributed by atoms with Crippen LogP contribution in [0, 0.1) is 6.92 Å². The van der Waals surface area contributed by atoms with Crippen LogP contribution in [0.1, 0.15) is 38.2 Å². The fraction of sp³-hybridized carbons (Fsp3) is 0.533. The highest BCUT2D eigenvalue weighted by Crippen LogP contribution is 2.08. The lowest BCUT2D eigenvalue weighted by Gasteiger charge is -2.07. The van der Waals surface area contributed by atoms with E-state index in [4.69, 9.17) is 0 Å². The van der Waals surface area contributed by atoms with Crippen molar-refractivity contribution in [2.45, 2.75) is 39.5 Å². The van der Waals surface area contributed by atoms with Crippen LogP contribution in [-0.2, 0) is 4.79 Å². The molecule has 0 heterocycles. The van der Waals surface area contributed by atoms with E-state index >= 15 is 0 Å². The molecule has 0 aliphatic heterocycles. The van der Waals surface area contributed by atoms with E-state index in [1.54, 1.807) is 0 Å². The van der Waals surface area contributed by atoms with E-state index in [9.17, 15) is 4.79 Å². The molecular formula is C15H24N2O. The number of rotatable bonds is 8. The van der Waals surface area contributed by atoms with Gasteiger partial charge in [0.05, 0.1) is 0 Å². The topological polar surface area (TPSA) is 41.1 Å². The first kappa shape index (κ1) is 14.6. The summed E-state index contributed by atoms with van der Waals surface area (Å²) >= 11 is 0. The normalized spacial score (nSPS) is 10.1. The van der Waals surface area contributed by atoms with E-state index in [1.807, 2.05) is 12.1 Å².